The fourth-order valence-electron chi connectivity index (χ4n) is 2.66. The molecule has 0 bridgehead atoms. The molecule has 0 saturated heterocycles. The van der Waals surface area contributed by atoms with Crippen LogP contribution in [0.1, 0.15) is 25.3 Å². The van der Waals surface area contributed by atoms with Crippen molar-refractivity contribution in [2.75, 3.05) is 18.5 Å². The first-order chi connectivity index (χ1) is 14.8. The van der Waals surface area contributed by atoms with E-state index in [0.717, 1.165) is 6.92 Å². The first-order valence-electron chi connectivity index (χ1n) is 9.18. The maximum atomic E-state index is 13.2. The Hall–Kier alpha value is -3.04. The molecule has 166 valence electrons. The maximum absolute atomic E-state index is 13.2. The number of rotatable bonds is 11. The number of hydrogen-bond acceptors (Lipinski definition) is 8. The molecule has 0 aliphatic carbocycles. The average molecular weight is 471 g/mol. The predicted octanol–water partition coefficient (Wildman–Crippen LogP) is 4.35. The van der Waals surface area contributed by atoms with E-state index < -0.39 is 22.8 Å². The summed E-state index contributed by atoms with van der Waals surface area (Å²) in [5, 5.41) is 12.5. The molecular formula is C20H20Cl2N2O7. The van der Waals surface area contributed by atoms with Gasteiger partial charge in [-0.2, -0.15) is 0 Å². The van der Waals surface area contributed by atoms with Crippen molar-refractivity contribution in [3.8, 4) is 0 Å². The minimum absolute atomic E-state index is 0.0896. The van der Waals surface area contributed by atoms with Gasteiger partial charge < -0.3 is 19.6 Å². The van der Waals surface area contributed by atoms with Crippen molar-refractivity contribution in [2.24, 2.45) is 0 Å². The van der Waals surface area contributed by atoms with Gasteiger partial charge in [-0.1, -0.05) is 59.6 Å². The molecule has 31 heavy (non-hydrogen) atoms. The van der Waals surface area contributed by atoms with Crippen LogP contribution in [0.4, 0.5) is 5.69 Å². The predicted molar refractivity (Wildman–Crippen MR) is 113 cm³/mol. The Kier molecular flexibility index (Phi) is 8.89. The molecule has 1 atom stereocenters. The van der Waals surface area contributed by atoms with Crippen LogP contribution in [0.25, 0.3) is 0 Å². The summed E-state index contributed by atoms with van der Waals surface area (Å²) in [6.45, 7) is 0.926. The van der Waals surface area contributed by atoms with Gasteiger partial charge in [0.05, 0.1) is 28.9 Å². The molecule has 2 aromatic carbocycles. The van der Waals surface area contributed by atoms with Crippen molar-refractivity contribution in [3.63, 3.8) is 0 Å². The highest BCUT2D eigenvalue weighted by Gasteiger charge is 2.46. The number of carbonyl (C=O) groups is 2. The summed E-state index contributed by atoms with van der Waals surface area (Å²) in [4.78, 5) is 39.5. The second-order valence-corrected chi connectivity index (χ2v) is 7.08. The van der Waals surface area contributed by atoms with Gasteiger partial charge in [-0.15, -0.1) is 10.1 Å². The molecule has 2 aromatic rings. The largest absolute Gasteiger partial charge is 0.461 e. The monoisotopic (exact) mass is 470 g/mol. The Labute approximate surface area is 188 Å². The molecule has 11 heteroatoms. The van der Waals surface area contributed by atoms with Crippen LogP contribution in [0, 0.1) is 10.1 Å². The summed E-state index contributed by atoms with van der Waals surface area (Å²) in [6.07, 6.45) is 0.571. The lowest BCUT2D eigenvalue weighted by Gasteiger charge is -2.33. The van der Waals surface area contributed by atoms with Crippen molar-refractivity contribution in [1.29, 1.82) is 0 Å². The summed E-state index contributed by atoms with van der Waals surface area (Å²) in [5.74, 6) is -1.67. The molecular weight excluding hydrogens is 451 g/mol. The molecule has 0 spiro atoms. The van der Waals surface area contributed by atoms with Crippen molar-refractivity contribution in [3.05, 3.63) is 74.3 Å². The highest BCUT2D eigenvalue weighted by Crippen LogP contribution is 2.37. The fourth-order valence-corrected chi connectivity index (χ4v) is 3.15. The molecule has 0 aliphatic heterocycles. The summed E-state index contributed by atoms with van der Waals surface area (Å²) >= 11 is 12.5. The third-order valence-corrected chi connectivity index (χ3v) is 4.63. The number of halogens is 2. The number of anilines is 1. The van der Waals surface area contributed by atoms with Gasteiger partial charge in [-0.05, 0) is 25.0 Å². The van der Waals surface area contributed by atoms with E-state index in [-0.39, 0.29) is 47.4 Å². The van der Waals surface area contributed by atoms with Gasteiger partial charge in [-0.25, -0.2) is 4.79 Å². The number of ether oxygens (including phenoxy) is 2. The van der Waals surface area contributed by atoms with Crippen LogP contribution in [0.15, 0.2) is 48.5 Å². The van der Waals surface area contributed by atoms with Crippen LogP contribution in [0.2, 0.25) is 10.0 Å². The molecule has 1 N–H and O–H groups in total. The summed E-state index contributed by atoms with van der Waals surface area (Å²) in [7, 11) is 0. The molecule has 0 aliphatic rings. The molecule has 2 rings (SSSR count). The summed E-state index contributed by atoms with van der Waals surface area (Å²) < 4.78 is 10.8. The van der Waals surface area contributed by atoms with Gasteiger partial charge in [0.2, 0.25) is 0 Å². The Balaban J connectivity index is 2.33. The van der Waals surface area contributed by atoms with Crippen LogP contribution < -0.4 is 5.32 Å². The van der Waals surface area contributed by atoms with Crippen LogP contribution in [0.3, 0.4) is 0 Å². The number of benzene rings is 2. The SMILES string of the molecule is CC(=O)OC(Nc1c(Cl)cccc1Cl)(C(=O)OCCCCO[N+](=O)[O-])c1ccccc1. The average Bonchev–Trinajstić information content (AvgIpc) is 2.72. The van der Waals surface area contributed by atoms with Gasteiger partial charge in [0.1, 0.15) is 0 Å². The number of carbonyl (C=O) groups excluding carboxylic acids is 2. The third kappa shape index (κ3) is 6.73. The lowest BCUT2D eigenvalue weighted by Crippen LogP contribution is -2.48. The van der Waals surface area contributed by atoms with Gasteiger partial charge in [-0.3, -0.25) is 4.79 Å². The zero-order chi connectivity index (χ0) is 22.9. The normalized spacial score (nSPS) is 12.4. The first-order valence-corrected chi connectivity index (χ1v) is 9.93. The number of hydrogen-bond donors (Lipinski definition) is 1. The van der Waals surface area contributed by atoms with Gasteiger partial charge >= 0.3 is 17.7 Å². The van der Waals surface area contributed by atoms with E-state index in [1.165, 1.54) is 0 Å². The van der Waals surface area contributed by atoms with Crippen molar-refractivity contribution >= 4 is 40.8 Å². The standard InChI is InChI=1S/C20H20Cl2N2O7/c1-14(25)31-20(15-8-3-2-4-9-15,23-18-16(21)10-7-11-17(18)22)19(26)29-12-5-6-13-30-24(27)28/h2-4,7-11,23H,5-6,12-13H2,1H3. The van der Waals surface area contributed by atoms with Crippen LogP contribution >= 0.6 is 23.2 Å². The Bertz CT molecular complexity index is 907. The zero-order valence-corrected chi connectivity index (χ0v) is 18.0. The van der Waals surface area contributed by atoms with E-state index in [2.05, 4.69) is 10.2 Å². The first kappa shape index (κ1) is 24.2. The quantitative estimate of drug-likeness (QED) is 0.169. The van der Waals surface area contributed by atoms with Crippen LogP contribution in [-0.4, -0.2) is 30.2 Å². The molecule has 0 radical (unpaired) electrons. The second-order valence-electron chi connectivity index (χ2n) is 6.26. The fraction of sp³-hybridized carbons (Fsp3) is 0.300. The molecule has 0 saturated carbocycles. The number of unbranched alkanes of at least 4 members (excludes halogenated alkanes) is 1. The second kappa shape index (κ2) is 11.4. The van der Waals surface area contributed by atoms with Crippen molar-refractivity contribution < 1.29 is 29.0 Å². The van der Waals surface area contributed by atoms with E-state index in [1.807, 2.05) is 0 Å². The number of nitrogens with one attached hydrogen (secondary N) is 1. The molecule has 0 fully saturated rings. The molecule has 9 nitrogen and oxygen atoms in total. The zero-order valence-electron chi connectivity index (χ0n) is 16.5. The van der Waals surface area contributed by atoms with E-state index in [9.17, 15) is 19.7 Å². The van der Waals surface area contributed by atoms with Gasteiger partial charge in [0.25, 0.3) is 5.09 Å². The minimum Gasteiger partial charge on any atom is -0.461 e. The number of nitrogens with zero attached hydrogens (tertiary/aromatic N) is 1. The van der Waals surface area contributed by atoms with E-state index in [0.29, 0.717) is 0 Å². The van der Waals surface area contributed by atoms with Crippen LogP contribution in [0.5, 0.6) is 0 Å². The Morgan fingerprint density at radius 1 is 1.03 bits per heavy atom. The smallest absolute Gasteiger partial charge is 0.377 e. The summed E-state index contributed by atoms with van der Waals surface area (Å²) in [6, 6.07) is 12.9. The molecule has 0 aromatic heterocycles. The number of esters is 2. The van der Waals surface area contributed by atoms with Gasteiger partial charge in [0, 0.05) is 12.5 Å². The topological polar surface area (TPSA) is 117 Å². The van der Waals surface area contributed by atoms with Crippen molar-refractivity contribution in [1.82, 2.24) is 0 Å². The highest BCUT2D eigenvalue weighted by molar-refractivity contribution is 6.39. The molecule has 0 amide bonds. The maximum Gasteiger partial charge on any atom is 0.377 e. The lowest BCUT2D eigenvalue weighted by atomic mass is 10.0. The van der Waals surface area contributed by atoms with E-state index >= 15 is 0 Å². The Morgan fingerprint density at radius 2 is 1.65 bits per heavy atom. The van der Waals surface area contributed by atoms with Crippen molar-refractivity contribution in [2.45, 2.75) is 25.5 Å². The highest BCUT2D eigenvalue weighted by atomic mass is 35.5. The lowest BCUT2D eigenvalue weighted by molar-refractivity contribution is -0.757. The van der Waals surface area contributed by atoms with E-state index in [1.54, 1.807) is 48.5 Å². The van der Waals surface area contributed by atoms with Gasteiger partial charge in [0.15, 0.2) is 0 Å². The number of para-hydroxylation sites is 1. The molecule has 0 heterocycles. The third-order valence-electron chi connectivity index (χ3n) is 4.00. The van der Waals surface area contributed by atoms with E-state index in [4.69, 9.17) is 32.7 Å². The summed E-state index contributed by atoms with van der Waals surface area (Å²) in [5.41, 5.74) is -1.62. The van der Waals surface area contributed by atoms with Crippen LogP contribution in [-0.2, 0) is 29.6 Å². The minimum atomic E-state index is -2.07. The Morgan fingerprint density at radius 3 is 2.23 bits per heavy atom. The molecule has 1 unspecified atom stereocenters.